The Balaban J connectivity index is 2.01. The second kappa shape index (κ2) is 7.77. The minimum atomic E-state index is -0.134. The van der Waals surface area contributed by atoms with Gasteiger partial charge in [0.05, 0.1) is 23.6 Å². The zero-order valence-electron chi connectivity index (χ0n) is 12.2. The number of carbonyl (C=O) groups is 1. The fourth-order valence-electron chi connectivity index (χ4n) is 1.84. The molecular formula is C16H15Cl2NO2S. The Bertz CT molecular complexity index is 692. The molecule has 0 aromatic heterocycles. The van der Waals surface area contributed by atoms with Crippen molar-refractivity contribution in [2.75, 3.05) is 18.2 Å². The van der Waals surface area contributed by atoms with Crippen molar-refractivity contribution in [3.8, 4) is 5.75 Å². The van der Waals surface area contributed by atoms with Crippen molar-refractivity contribution in [1.29, 1.82) is 0 Å². The Morgan fingerprint density at radius 1 is 1.23 bits per heavy atom. The second-order valence-electron chi connectivity index (χ2n) is 4.62. The van der Waals surface area contributed by atoms with E-state index >= 15 is 0 Å². The highest BCUT2D eigenvalue weighted by atomic mass is 35.5. The molecule has 0 aliphatic carbocycles. The van der Waals surface area contributed by atoms with Crippen molar-refractivity contribution in [3.63, 3.8) is 0 Å². The lowest BCUT2D eigenvalue weighted by Gasteiger charge is -2.11. The summed E-state index contributed by atoms with van der Waals surface area (Å²) in [6, 6.07) is 10.8. The minimum Gasteiger partial charge on any atom is -0.495 e. The molecule has 0 radical (unpaired) electrons. The van der Waals surface area contributed by atoms with Gasteiger partial charge in [0.25, 0.3) is 0 Å². The maximum Gasteiger partial charge on any atom is 0.234 e. The van der Waals surface area contributed by atoms with Gasteiger partial charge in [-0.1, -0.05) is 29.3 Å². The maximum absolute atomic E-state index is 12.1. The van der Waals surface area contributed by atoms with Crippen molar-refractivity contribution in [1.82, 2.24) is 0 Å². The molecule has 116 valence electrons. The average molecular weight is 356 g/mol. The molecule has 0 heterocycles. The number of methoxy groups -OCH3 is 1. The molecule has 3 nitrogen and oxygen atoms in total. The highest BCUT2D eigenvalue weighted by Crippen LogP contribution is 2.30. The number of hydrogen-bond acceptors (Lipinski definition) is 3. The third kappa shape index (κ3) is 4.57. The summed E-state index contributed by atoms with van der Waals surface area (Å²) in [5.74, 6) is 0.728. The molecule has 0 aliphatic heterocycles. The number of benzene rings is 2. The van der Waals surface area contributed by atoms with Crippen LogP contribution in [0.25, 0.3) is 0 Å². The standard InChI is InChI=1S/C16H15Cl2NO2S/c1-10-3-6-14(21-2)13(7-10)19-16(20)9-22-15-8-11(17)4-5-12(15)18/h3-8H,9H2,1-2H3,(H,19,20). The van der Waals surface area contributed by atoms with E-state index in [0.29, 0.717) is 21.5 Å². The van der Waals surface area contributed by atoms with Crippen LogP contribution < -0.4 is 10.1 Å². The molecule has 2 aromatic carbocycles. The van der Waals surface area contributed by atoms with Crippen LogP contribution in [0.3, 0.4) is 0 Å². The fraction of sp³-hybridized carbons (Fsp3) is 0.188. The van der Waals surface area contributed by atoms with Crippen LogP contribution in [0.15, 0.2) is 41.3 Å². The molecular weight excluding hydrogens is 341 g/mol. The first-order chi connectivity index (χ1) is 10.5. The number of nitrogens with one attached hydrogen (secondary N) is 1. The van der Waals surface area contributed by atoms with Gasteiger partial charge in [-0.3, -0.25) is 4.79 Å². The maximum atomic E-state index is 12.1. The molecule has 0 aliphatic rings. The Morgan fingerprint density at radius 2 is 2.00 bits per heavy atom. The number of ether oxygens (including phenoxy) is 1. The number of aryl methyl sites for hydroxylation is 1. The number of amides is 1. The molecule has 2 aromatic rings. The molecule has 0 spiro atoms. The van der Waals surface area contributed by atoms with Crippen LogP contribution in [0, 0.1) is 6.92 Å². The Hall–Kier alpha value is -1.36. The van der Waals surface area contributed by atoms with Gasteiger partial charge in [0.1, 0.15) is 5.75 Å². The van der Waals surface area contributed by atoms with E-state index in [-0.39, 0.29) is 11.7 Å². The lowest BCUT2D eigenvalue weighted by molar-refractivity contribution is -0.113. The van der Waals surface area contributed by atoms with Crippen molar-refractivity contribution in [2.45, 2.75) is 11.8 Å². The van der Waals surface area contributed by atoms with Gasteiger partial charge in [-0.05, 0) is 42.8 Å². The third-order valence-corrected chi connectivity index (χ3v) is 4.61. The van der Waals surface area contributed by atoms with Crippen LogP contribution in [0.2, 0.25) is 10.0 Å². The Labute approximate surface area is 144 Å². The molecule has 0 unspecified atom stereocenters. The first kappa shape index (κ1) is 17.0. The van der Waals surface area contributed by atoms with E-state index in [9.17, 15) is 4.79 Å². The molecule has 1 N–H and O–H groups in total. The van der Waals surface area contributed by atoms with Crippen LogP contribution in [0.1, 0.15) is 5.56 Å². The zero-order valence-corrected chi connectivity index (χ0v) is 14.5. The van der Waals surface area contributed by atoms with Crippen molar-refractivity contribution >= 4 is 46.6 Å². The Kier molecular flexibility index (Phi) is 6.00. The smallest absolute Gasteiger partial charge is 0.234 e. The molecule has 0 fully saturated rings. The number of hydrogen-bond donors (Lipinski definition) is 1. The van der Waals surface area contributed by atoms with Gasteiger partial charge in [0, 0.05) is 9.92 Å². The molecule has 0 atom stereocenters. The summed E-state index contributed by atoms with van der Waals surface area (Å²) < 4.78 is 5.24. The topological polar surface area (TPSA) is 38.3 Å². The van der Waals surface area contributed by atoms with Crippen LogP contribution in [0.4, 0.5) is 5.69 Å². The third-order valence-electron chi connectivity index (χ3n) is 2.88. The zero-order chi connectivity index (χ0) is 16.1. The number of halogens is 2. The molecule has 0 bridgehead atoms. The van der Waals surface area contributed by atoms with Crippen molar-refractivity contribution in [2.24, 2.45) is 0 Å². The predicted octanol–water partition coefficient (Wildman–Crippen LogP) is 5.04. The summed E-state index contributed by atoms with van der Waals surface area (Å²) >= 11 is 13.3. The summed E-state index contributed by atoms with van der Waals surface area (Å²) in [4.78, 5) is 12.9. The number of thioether (sulfide) groups is 1. The molecule has 2 rings (SSSR count). The minimum absolute atomic E-state index is 0.134. The van der Waals surface area contributed by atoms with E-state index in [4.69, 9.17) is 27.9 Å². The van der Waals surface area contributed by atoms with Gasteiger partial charge in [-0.25, -0.2) is 0 Å². The van der Waals surface area contributed by atoms with Crippen LogP contribution in [0.5, 0.6) is 5.75 Å². The average Bonchev–Trinajstić information content (AvgIpc) is 2.48. The normalized spacial score (nSPS) is 10.4. The lowest BCUT2D eigenvalue weighted by Crippen LogP contribution is -2.14. The highest BCUT2D eigenvalue weighted by molar-refractivity contribution is 8.00. The van der Waals surface area contributed by atoms with Gasteiger partial charge in [0.15, 0.2) is 0 Å². The number of carbonyl (C=O) groups excluding carboxylic acids is 1. The first-order valence-electron chi connectivity index (χ1n) is 6.52. The van der Waals surface area contributed by atoms with Gasteiger partial charge in [0.2, 0.25) is 5.91 Å². The van der Waals surface area contributed by atoms with Gasteiger partial charge < -0.3 is 10.1 Å². The molecule has 0 saturated carbocycles. The molecule has 0 saturated heterocycles. The summed E-state index contributed by atoms with van der Waals surface area (Å²) in [5, 5.41) is 4.02. The van der Waals surface area contributed by atoms with Gasteiger partial charge in [-0.15, -0.1) is 11.8 Å². The molecule has 22 heavy (non-hydrogen) atoms. The van der Waals surface area contributed by atoms with Crippen LogP contribution in [-0.4, -0.2) is 18.8 Å². The SMILES string of the molecule is COc1ccc(C)cc1NC(=O)CSc1cc(Cl)ccc1Cl. The molecule has 6 heteroatoms. The Morgan fingerprint density at radius 3 is 2.73 bits per heavy atom. The van der Waals surface area contributed by atoms with E-state index in [1.54, 1.807) is 25.3 Å². The second-order valence-corrected chi connectivity index (χ2v) is 6.48. The summed E-state index contributed by atoms with van der Waals surface area (Å²) in [5.41, 5.74) is 1.70. The predicted molar refractivity (Wildman–Crippen MR) is 93.5 cm³/mol. The van der Waals surface area contributed by atoms with E-state index in [1.807, 2.05) is 25.1 Å². The summed E-state index contributed by atoms with van der Waals surface area (Å²) in [6.07, 6.45) is 0. The fourth-order valence-corrected chi connectivity index (χ4v) is 3.13. The number of anilines is 1. The van der Waals surface area contributed by atoms with Crippen LogP contribution in [-0.2, 0) is 4.79 Å². The highest BCUT2D eigenvalue weighted by Gasteiger charge is 2.10. The van der Waals surface area contributed by atoms with E-state index in [0.717, 1.165) is 10.5 Å². The number of rotatable bonds is 5. The monoisotopic (exact) mass is 355 g/mol. The van der Waals surface area contributed by atoms with Crippen LogP contribution >= 0.6 is 35.0 Å². The largest absolute Gasteiger partial charge is 0.495 e. The van der Waals surface area contributed by atoms with Crippen molar-refractivity contribution < 1.29 is 9.53 Å². The lowest BCUT2D eigenvalue weighted by atomic mass is 10.2. The first-order valence-corrected chi connectivity index (χ1v) is 8.26. The van der Waals surface area contributed by atoms with E-state index in [1.165, 1.54) is 11.8 Å². The van der Waals surface area contributed by atoms with E-state index in [2.05, 4.69) is 5.32 Å². The summed E-state index contributed by atoms with van der Waals surface area (Å²) in [7, 11) is 1.57. The van der Waals surface area contributed by atoms with Gasteiger partial charge in [-0.2, -0.15) is 0 Å². The van der Waals surface area contributed by atoms with E-state index < -0.39 is 0 Å². The van der Waals surface area contributed by atoms with Gasteiger partial charge >= 0.3 is 0 Å². The summed E-state index contributed by atoms with van der Waals surface area (Å²) in [6.45, 7) is 1.95. The quantitative estimate of drug-likeness (QED) is 0.763. The molecule has 1 amide bonds. The van der Waals surface area contributed by atoms with Crippen molar-refractivity contribution in [3.05, 3.63) is 52.0 Å².